The van der Waals surface area contributed by atoms with Crippen LogP contribution in [0.2, 0.25) is 0 Å². The lowest BCUT2D eigenvalue weighted by atomic mass is 10.2. The number of carbonyl (C=O) groups is 1. The fraction of sp³-hybridized carbons (Fsp3) is 0.333. The van der Waals surface area contributed by atoms with Gasteiger partial charge in [0.1, 0.15) is 0 Å². The molecule has 20 heavy (non-hydrogen) atoms. The highest BCUT2D eigenvalue weighted by Crippen LogP contribution is 2.10. The largest absolute Gasteiger partial charge is 0.476 e. The maximum Gasteiger partial charge on any atom is 0.358 e. The molecule has 8 heteroatoms. The highest BCUT2D eigenvalue weighted by molar-refractivity contribution is 5.91. The summed E-state index contributed by atoms with van der Waals surface area (Å²) in [5, 5.41) is 12.7. The molecular formula is C12H15N5O3. The predicted molar refractivity (Wildman–Crippen MR) is 71.8 cm³/mol. The molecule has 8 nitrogen and oxygen atoms in total. The van der Waals surface area contributed by atoms with Gasteiger partial charge in [-0.15, -0.1) is 0 Å². The number of nitrogens with two attached hydrogens (primary N) is 1. The van der Waals surface area contributed by atoms with Gasteiger partial charge in [-0.1, -0.05) is 13.8 Å². The second-order valence-corrected chi connectivity index (χ2v) is 4.78. The zero-order valence-corrected chi connectivity index (χ0v) is 11.1. The van der Waals surface area contributed by atoms with Crippen LogP contribution in [0.5, 0.6) is 0 Å². The van der Waals surface area contributed by atoms with E-state index in [4.69, 9.17) is 10.8 Å². The molecule has 0 unspecified atom stereocenters. The second kappa shape index (κ2) is 5.16. The van der Waals surface area contributed by atoms with Gasteiger partial charge in [0.2, 0.25) is 5.82 Å². The van der Waals surface area contributed by atoms with E-state index in [1.165, 1.54) is 17.0 Å². The van der Waals surface area contributed by atoms with E-state index in [-0.39, 0.29) is 22.8 Å². The van der Waals surface area contributed by atoms with Crippen molar-refractivity contribution in [2.75, 3.05) is 5.73 Å². The van der Waals surface area contributed by atoms with Gasteiger partial charge in [-0.2, -0.15) is 5.10 Å². The lowest BCUT2D eigenvalue weighted by Gasteiger charge is -2.09. The predicted octanol–water partition coefficient (Wildman–Crippen LogP) is 0.365. The maximum atomic E-state index is 12.2. The van der Waals surface area contributed by atoms with Crippen LogP contribution < -0.4 is 11.3 Å². The van der Waals surface area contributed by atoms with E-state index < -0.39 is 5.97 Å². The number of aromatic carboxylic acids is 1. The van der Waals surface area contributed by atoms with Gasteiger partial charge >= 0.3 is 5.97 Å². The summed E-state index contributed by atoms with van der Waals surface area (Å²) in [5.74, 6) is -0.938. The molecule has 0 aromatic carbocycles. The third-order valence-corrected chi connectivity index (χ3v) is 2.62. The van der Waals surface area contributed by atoms with Gasteiger partial charge < -0.3 is 15.4 Å². The Labute approximate surface area is 114 Å². The molecule has 0 aliphatic heterocycles. The van der Waals surface area contributed by atoms with Crippen molar-refractivity contribution in [3.8, 4) is 5.82 Å². The molecule has 0 saturated carbocycles. The van der Waals surface area contributed by atoms with E-state index in [1.54, 1.807) is 6.20 Å². The molecule has 0 spiro atoms. The smallest absolute Gasteiger partial charge is 0.358 e. The lowest BCUT2D eigenvalue weighted by molar-refractivity contribution is 0.0691. The standard InChI is InChI=1S/C12H15N5O3/c1-7(2)5-16-4-3-14-10(11(16)18)17-6-8(13)9(15-17)12(19)20/h3-4,6-7H,5,13H2,1-2H3,(H,19,20). The van der Waals surface area contributed by atoms with Crippen molar-refractivity contribution < 1.29 is 9.90 Å². The van der Waals surface area contributed by atoms with Crippen LogP contribution in [-0.4, -0.2) is 30.4 Å². The molecule has 0 fully saturated rings. The summed E-state index contributed by atoms with van der Waals surface area (Å²) in [7, 11) is 0. The van der Waals surface area contributed by atoms with Crippen LogP contribution in [-0.2, 0) is 6.54 Å². The number of nitrogen functional groups attached to an aromatic ring is 1. The normalized spacial score (nSPS) is 10.9. The number of hydrogen-bond donors (Lipinski definition) is 2. The zero-order valence-electron chi connectivity index (χ0n) is 11.1. The average Bonchev–Trinajstić information content (AvgIpc) is 2.73. The Morgan fingerprint density at radius 3 is 2.75 bits per heavy atom. The minimum absolute atomic E-state index is 0.0158. The van der Waals surface area contributed by atoms with Crippen LogP contribution in [0.1, 0.15) is 24.3 Å². The van der Waals surface area contributed by atoms with E-state index >= 15 is 0 Å². The van der Waals surface area contributed by atoms with Crippen molar-refractivity contribution in [2.45, 2.75) is 20.4 Å². The van der Waals surface area contributed by atoms with E-state index in [0.717, 1.165) is 4.68 Å². The molecule has 0 aliphatic carbocycles. The Morgan fingerprint density at radius 2 is 2.20 bits per heavy atom. The maximum absolute atomic E-state index is 12.2. The lowest BCUT2D eigenvalue weighted by Crippen LogP contribution is -2.27. The number of hydrogen-bond acceptors (Lipinski definition) is 5. The molecule has 0 bridgehead atoms. The summed E-state index contributed by atoms with van der Waals surface area (Å²) in [6.45, 7) is 4.51. The summed E-state index contributed by atoms with van der Waals surface area (Å²) in [6.07, 6.45) is 4.32. The molecule has 2 aromatic heterocycles. The first-order valence-corrected chi connectivity index (χ1v) is 6.04. The van der Waals surface area contributed by atoms with Crippen molar-refractivity contribution >= 4 is 11.7 Å². The van der Waals surface area contributed by atoms with Gasteiger partial charge in [0.15, 0.2) is 5.69 Å². The number of aromatic nitrogens is 4. The van der Waals surface area contributed by atoms with Gasteiger partial charge in [-0.25, -0.2) is 14.5 Å². The van der Waals surface area contributed by atoms with E-state index in [9.17, 15) is 9.59 Å². The average molecular weight is 277 g/mol. The Balaban J connectivity index is 2.51. The monoisotopic (exact) mass is 277 g/mol. The molecule has 2 heterocycles. The minimum atomic E-state index is -1.25. The van der Waals surface area contributed by atoms with E-state index in [2.05, 4.69) is 10.1 Å². The van der Waals surface area contributed by atoms with Crippen LogP contribution in [0, 0.1) is 5.92 Å². The van der Waals surface area contributed by atoms with Crippen molar-refractivity contribution in [3.63, 3.8) is 0 Å². The zero-order chi connectivity index (χ0) is 14.9. The van der Waals surface area contributed by atoms with Crippen molar-refractivity contribution in [3.05, 3.63) is 34.6 Å². The molecule has 106 valence electrons. The first-order valence-electron chi connectivity index (χ1n) is 6.04. The van der Waals surface area contributed by atoms with Crippen LogP contribution in [0.25, 0.3) is 5.82 Å². The van der Waals surface area contributed by atoms with E-state index in [0.29, 0.717) is 12.5 Å². The fourth-order valence-electron chi connectivity index (χ4n) is 1.79. The number of carboxylic acid groups (broad SMARTS) is 1. The Kier molecular flexibility index (Phi) is 3.55. The van der Waals surface area contributed by atoms with Gasteiger partial charge in [-0.3, -0.25) is 4.79 Å². The Morgan fingerprint density at radius 1 is 1.50 bits per heavy atom. The summed E-state index contributed by atoms with van der Waals surface area (Å²) in [5.41, 5.74) is 4.88. The van der Waals surface area contributed by atoms with Crippen molar-refractivity contribution in [1.82, 2.24) is 19.3 Å². The topological polar surface area (TPSA) is 116 Å². The molecule has 3 N–H and O–H groups in total. The summed E-state index contributed by atoms with van der Waals surface area (Å²) in [6, 6.07) is 0. The molecular weight excluding hydrogens is 262 g/mol. The number of rotatable bonds is 4. The van der Waals surface area contributed by atoms with Crippen LogP contribution >= 0.6 is 0 Å². The van der Waals surface area contributed by atoms with Gasteiger partial charge in [0.05, 0.1) is 11.9 Å². The fourth-order valence-corrected chi connectivity index (χ4v) is 1.79. The van der Waals surface area contributed by atoms with Crippen LogP contribution in [0.3, 0.4) is 0 Å². The summed E-state index contributed by atoms with van der Waals surface area (Å²) >= 11 is 0. The molecule has 2 rings (SSSR count). The van der Waals surface area contributed by atoms with E-state index in [1.807, 2.05) is 13.8 Å². The molecule has 0 atom stereocenters. The van der Waals surface area contributed by atoms with Crippen molar-refractivity contribution in [1.29, 1.82) is 0 Å². The highest BCUT2D eigenvalue weighted by atomic mass is 16.4. The third kappa shape index (κ3) is 2.53. The van der Waals surface area contributed by atoms with Gasteiger partial charge in [-0.05, 0) is 5.92 Å². The number of nitrogens with zero attached hydrogens (tertiary/aromatic N) is 4. The SMILES string of the molecule is CC(C)Cn1ccnc(-n2cc(N)c(C(=O)O)n2)c1=O. The van der Waals surface area contributed by atoms with Crippen LogP contribution in [0.15, 0.2) is 23.4 Å². The molecule has 0 saturated heterocycles. The molecule has 0 aliphatic rings. The minimum Gasteiger partial charge on any atom is -0.476 e. The van der Waals surface area contributed by atoms with Gasteiger partial charge in [0, 0.05) is 18.9 Å². The quantitative estimate of drug-likeness (QED) is 0.833. The van der Waals surface area contributed by atoms with Gasteiger partial charge in [0.25, 0.3) is 5.56 Å². The number of anilines is 1. The first-order chi connectivity index (χ1) is 9.40. The van der Waals surface area contributed by atoms with Crippen molar-refractivity contribution in [2.24, 2.45) is 5.92 Å². The Hall–Kier alpha value is -2.64. The second-order valence-electron chi connectivity index (χ2n) is 4.78. The first kappa shape index (κ1) is 13.8. The summed E-state index contributed by atoms with van der Waals surface area (Å²) < 4.78 is 2.60. The Bertz CT molecular complexity index is 701. The molecule has 0 radical (unpaired) electrons. The third-order valence-electron chi connectivity index (χ3n) is 2.62. The van der Waals surface area contributed by atoms with Crippen LogP contribution in [0.4, 0.5) is 5.69 Å². The molecule has 0 amide bonds. The highest BCUT2D eigenvalue weighted by Gasteiger charge is 2.16. The summed E-state index contributed by atoms with van der Waals surface area (Å²) in [4.78, 5) is 27.1. The molecule has 2 aromatic rings. The number of carboxylic acids is 1.